The van der Waals surface area contributed by atoms with E-state index in [1.54, 1.807) is 12.1 Å². The van der Waals surface area contributed by atoms with Crippen LogP contribution in [0.4, 0.5) is 13.2 Å². The molecule has 0 aliphatic rings. The third-order valence-corrected chi connectivity index (χ3v) is 2.58. The summed E-state index contributed by atoms with van der Waals surface area (Å²) in [4.78, 5) is 11.8. The van der Waals surface area contributed by atoms with Crippen LogP contribution in [0.15, 0.2) is 18.2 Å². The Morgan fingerprint density at radius 3 is 2.53 bits per heavy atom. The van der Waals surface area contributed by atoms with Crippen molar-refractivity contribution in [2.75, 3.05) is 13.7 Å². The Bertz CT molecular complexity index is 455. The maximum absolute atomic E-state index is 12.2. The van der Waals surface area contributed by atoms with Crippen LogP contribution in [0.2, 0.25) is 0 Å². The number of alkyl halides is 3. The summed E-state index contributed by atoms with van der Waals surface area (Å²) in [6.45, 7) is 2.04. The lowest BCUT2D eigenvalue weighted by atomic mass is 10.1. The molecule has 106 valence electrons. The fourth-order valence-corrected chi connectivity index (χ4v) is 1.40. The summed E-state index contributed by atoms with van der Waals surface area (Å²) in [7, 11) is 1.39. The molecule has 0 aliphatic carbocycles. The number of hydrogen-bond donors (Lipinski definition) is 0. The number of Topliss-reactive ketones (excluding diaryl/α,β-unsaturated/α-hetero) is 1. The topological polar surface area (TPSA) is 35.5 Å². The summed E-state index contributed by atoms with van der Waals surface area (Å²) in [6.07, 6.45) is -6.45. The molecule has 0 amide bonds. The largest absolute Gasteiger partial charge is 0.496 e. The lowest BCUT2D eigenvalue weighted by Gasteiger charge is -2.16. The predicted octanol–water partition coefficient (Wildman–Crippen LogP) is 3.15. The second-order valence-corrected chi connectivity index (χ2v) is 4.12. The van der Waals surface area contributed by atoms with Gasteiger partial charge in [0.25, 0.3) is 0 Å². The number of carbonyl (C=O) groups excluding carboxylic acids is 1. The highest BCUT2D eigenvalue weighted by Gasteiger charge is 2.37. The quantitative estimate of drug-likeness (QED) is 0.775. The van der Waals surface area contributed by atoms with Crippen LogP contribution in [-0.2, 0) is 4.74 Å². The lowest BCUT2D eigenvalue weighted by molar-refractivity contribution is -0.210. The van der Waals surface area contributed by atoms with Gasteiger partial charge in [-0.15, -0.1) is 0 Å². The molecule has 0 saturated carbocycles. The molecule has 0 heterocycles. The summed E-state index contributed by atoms with van der Waals surface area (Å²) in [6, 6.07) is 4.83. The van der Waals surface area contributed by atoms with Crippen molar-refractivity contribution in [2.45, 2.75) is 26.1 Å². The van der Waals surface area contributed by atoms with Gasteiger partial charge in [0.2, 0.25) is 0 Å². The molecule has 1 atom stereocenters. The van der Waals surface area contributed by atoms with Gasteiger partial charge in [0.1, 0.15) is 12.4 Å². The first kappa shape index (κ1) is 15.5. The maximum atomic E-state index is 12.2. The Morgan fingerprint density at radius 1 is 1.37 bits per heavy atom. The number of carbonyl (C=O) groups is 1. The molecule has 0 N–H and O–H groups in total. The molecule has 6 heteroatoms. The van der Waals surface area contributed by atoms with E-state index in [2.05, 4.69) is 4.74 Å². The van der Waals surface area contributed by atoms with Gasteiger partial charge in [-0.25, -0.2) is 0 Å². The van der Waals surface area contributed by atoms with Crippen LogP contribution in [0.3, 0.4) is 0 Å². The van der Waals surface area contributed by atoms with Crippen LogP contribution >= 0.6 is 0 Å². The number of halogens is 3. The summed E-state index contributed by atoms with van der Waals surface area (Å²) < 4.78 is 46.3. The predicted molar refractivity (Wildman–Crippen MR) is 63.5 cm³/mol. The van der Waals surface area contributed by atoms with E-state index in [-0.39, 0.29) is 5.56 Å². The van der Waals surface area contributed by atoms with E-state index in [1.807, 2.05) is 6.92 Å². The SMILES string of the molecule is COc1cc(C)ccc1C(=O)COC(C)C(F)(F)F. The lowest BCUT2D eigenvalue weighted by Crippen LogP contribution is -2.30. The van der Waals surface area contributed by atoms with E-state index < -0.39 is 24.7 Å². The first-order chi connectivity index (χ1) is 8.75. The van der Waals surface area contributed by atoms with E-state index in [1.165, 1.54) is 13.2 Å². The Balaban J connectivity index is 2.74. The first-order valence-electron chi connectivity index (χ1n) is 5.62. The van der Waals surface area contributed by atoms with Gasteiger partial charge in [0.05, 0.1) is 12.7 Å². The van der Waals surface area contributed by atoms with Crippen molar-refractivity contribution in [2.24, 2.45) is 0 Å². The summed E-state index contributed by atoms with van der Waals surface area (Å²) in [5.74, 6) is -0.221. The Labute approximate surface area is 109 Å². The van der Waals surface area contributed by atoms with Gasteiger partial charge in [-0.2, -0.15) is 13.2 Å². The van der Waals surface area contributed by atoms with Gasteiger partial charge in [-0.3, -0.25) is 4.79 Å². The van der Waals surface area contributed by atoms with Crippen LogP contribution < -0.4 is 4.74 Å². The highest BCUT2D eigenvalue weighted by Crippen LogP contribution is 2.24. The molecule has 19 heavy (non-hydrogen) atoms. The van der Waals surface area contributed by atoms with Gasteiger partial charge < -0.3 is 9.47 Å². The third kappa shape index (κ3) is 4.24. The minimum absolute atomic E-state index is 0.211. The molecule has 0 bridgehead atoms. The number of rotatable bonds is 5. The van der Waals surface area contributed by atoms with E-state index in [0.29, 0.717) is 5.75 Å². The van der Waals surface area contributed by atoms with Crippen molar-refractivity contribution in [1.82, 2.24) is 0 Å². The van der Waals surface area contributed by atoms with E-state index in [4.69, 9.17) is 4.74 Å². The number of benzene rings is 1. The normalized spacial score (nSPS) is 13.2. The number of ether oxygens (including phenoxy) is 2. The second-order valence-electron chi connectivity index (χ2n) is 4.12. The zero-order chi connectivity index (χ0) is 14.6. The molecule has 0 fully saturated rings. The van der Waals surface area contributed by atoms with E-state index in [9.17, 15) is 18.0 Å². The van der Waals surface area contributed by atoms with Crippen LogP contribution in [0, 0.1) is 6.92 Å². The van der Waals surface area contributed by atoms with Crippen molar-refractivity contribution in [3.05, 3.63) is 29.3 Å². The van der Waals surface area contributed by atoms with Crippen molar-refractivity contribution >= 4 is 5.78 Å². The van der Waals surface area contributed by atoms with Gasteiger partial charge in [-0.1, -0.05) is 6.07 Å². The molecule has 0 spiro atoms. The van der Waals surface area contributed by atoms with Crippen molar-refractivity contribution in [3.63, 3.8) is 0 Å². The molecule has 0 radical (unpaired) electrons. The minimum atomic E-state index is -4.47. The molecular weight excluding hydrogens is 261 g/mol. The molecule has 1 unspecified atom stereocenters. The van der Waals surface area contributed by atoms with Crippen molar-refractivity contribution in [1.29, 1.82) is 0 Å². The third-order valence-electron chi connectivity index (χ3n) is 2.58. The molecule has 1 aromatic carbocycles. The zero-order valence-corrected chi connectivity index (χ0v) is 10.9. The molecule has 0 saturated heterocycles. The first-order valence-corrected chi connectivity index (χ1v) is 5.62. The van der Waals surface area contributed by atoms with Crippen LogP contribution in [-0.4, -0.2) is 31.8 Å². The smallest absolute Gasteiger partial charge is 0.414 e. The molecule has 0 aromatic heterocycles. The van der Waals surface area contributed by atoms with Gasteiger partial charge in [-0.05, 0) is 31.5 Å². The highest BCUT2D eigenvalue weighted by molar-refractivity contribution is 5.99. The number of aryl methyl sites for hydroxylation is 1. The Hall–Kier alpha value is -1.56. The zero-order valence-electron chi connectivity index (χ0n) is 10.9. The Morgan fingerprint density at radius 2 is 2.00 bits per heavy atom. The molecule has 3 nitrogen and oxygen atoms in total. The van der Waals surface area contributed by atoms with Gasteiger partial charge in [0.15, 0.2) is 11.9 Å². The number of methoxy groups -OCH3 is 1. The summed E-state index contributed by atoms with van der Waals surface area (Å²) >= 11 is 0. The van der Waals surface area contributed by atoms with Crippen molar-refractivity contribution in [3.8, 4) is 5.75 Å². The van der Waals surface area contributed by atoms with Crippen LogP contribution in [0.1, 0.15) is 22.8 Å². The Kier molecular flexibility index (Phi) is 4.94. The van der Waals surface area contributed by atoms with Gasteiger partial charge in [0, 0.05) is 0 Å². The van der Waals surface area contributed by atoms with Crippen LogP contribution in [0.25, 0.3) is 0 Å². The summed E-state index contributed by atoms with van der Waals surface area (Å²) in [5.41, 5.74) is 1.10. The minimum Gasteiger partial charge on any atom is -0.496 e. The molecular formula is C13H15F3O3. The fraction of sp³-hybridized carbons (Fsp3) is 0.462. The molecule has 1 rings (SSSR count). The maximum Gasteiger partial charge on any atom is 0.414 e. The average molecular weight is 276 g/mol. The van der Waals surface area contributed by atoms with Crippen molar-refractivity contribution < 1.29 is 27.4 Å². The van der Waals surface area contributed by atoms with E-state index in [0.717, 1.165) is 12.5 Å². The average Bonchev–Trinajstić information content (AvgIpc) is 2.33. The fourth-order valence-electron chi connectivity index (χ4n) is 1.40. The molecule has 1 aromatic rings. The molecule has 0 aliphatic heterocycles. The number of hydrogen-bond acceptors (Lipinski definition) is 3. The van der Waals surface area contributed by atoms with Crippen LogP contribution in [0.5, 0.6) is 5.75 Å². The van der Waals surface area contributed by atoms with Gasteiger partial charge >= 0.3 is 6.18 Å². The monoisotopic (exact) mass is 276 g/mol. The van der Waals surface area contributed by atoms with E-state index >= 15 is 0 Å². The standard InChI is InChI=1S/C13H15F3O3/c1-8-4-5-10(12(6-8)18-3)11(17)7-19-9(2)13(14,15)16/h4-6,9H,7H2,1-3H3. The highest BCUT2D eigenvalue weighted by atomic mass is 19.4. The summed E-state index contributed by atoms with van der Waals surface area (Å²) in [5, 5.41) is 0. The number of ketones is 1. The second kappa shape index (κ2) is 6.06.